The third-order valence-corrected chi connectivity index (χ3v) is 3.61. The molecule has 0 N–H and O–H groups in total. The molecule has 0 saturated carbocycles. The number of hydrogen-bond acceptors (Lipinski definition) is 4. The highest BCUT2D eigenvalue weighted by atomic mass is 32.2. The first-order valence-electron chi connectivity index (χ1n) is 5.82. The van der Waals surface area contributed by atoms with Gasteiger partial charge in [0.2, 0.25) is 0 Å². The number of carbonyl (C=O) groups excluding carboxylic acids is 1. The zero-order chi connectivity index (χ0) is 12.1. The number of benzene rings is 1. The van der Waals surface area contributed by atoms with Crippen molar-refractivity contribution >= 4 is 17.5 Å². The average Bonchev–Trinajstić information content (AvgIpc) is 2.38. The van der Waals surface area contributed by atoms with Crippen LogP contribution in [0, 0.1) is 0 Å². The van der Waals surface area contributed by atoms with E-state index in [9.17, 15) is 4.79 Å². The second kappa shape index (κ2) is 5.96. The number of fused-ring (bicyclic) bond motifs is 1. The van der Waals surface area contributed by atoms with E-state index < -0.39 is 0 Å². The van der Waals surface area contributed by atoms with Crippen LogP contribution >= 0.6 is 11.8 Å². The van der Waals surface area contributed by atoms with Crippen LogP contribution in [-0.2, 0) is 0 Å². The summed E-state index contributed by atoms with van der Waals surface area (Å²) in [4.78, 5) is 11.9. The fourth-order valence-electron chi connectivity index (χ4n) is 1.61. The maximum absolute atomic E-state index is 11.9. The van der Waals surface area contributed by atoms with Crippen LogP contribution in [-0.4, -0.2) is 30.5 Å². The topological polar surface area (TPSA) is 35.5 Å². The quantitative estimate of drug-likeness (QED) is 0.596. The summed E-state index contributed by atoms with van der Waals surface area (Å²) >= 11 is 1.67. The number of ether oxygens (including phenoxy) is 2. The summed E-state index contributed by atoms with van der Waals surface area (Å²) in [6.07, 6.45) is 1.10. The summed E-state index contributed by atoms with van der Waals surface area (Å²) < 4.78 is 10.9. The number of ketones is 1. The van der Waals surface area contributed by atoms with Crippen molar-refractivity contribution in [3.8, 4) is 11.5 Å². The molecule has 0 fully saturated rings. The molecule has 3 nitrogen and oxygen atoms in total. The zero-order valence-corrected chi connectivity index (χ0v) is 10.7. The molecular formula is C13H16O3S. The summed E-state index contributed by atoms with van der Waals surface area (Å²) in [5.41, 5.74) is 0.706. The highest BCUT2D eigenvalue weighted by Gasteiger charge is 2.14. The molecule has 0 bridgehead atoms. The van der Waals surface area contributed by atoms with Crippen LogP contribution in [0.1, 0.15) is 23.7 Å². The van der Waals surface area contributed by atoms with Crippen LogP contribution in [0.2, 0.25) is 0 Å². The first-order valence-corrected chi connectivity index (χ1v) is 6.97. The molecule has 0 saturated heterocycles. The monoisotopic (exact) mass is 252 g/mol. The van der Waals surface area contributed by atoms with Crippen LogP contribution in [0.3, 0.4) is 0 Å². The smallest absolute Gasteiger partial charge is 0.172 e. The number of Topliss-reactive ketones (excluding diaryl/α,β-unsaturated/α-hetero) is 1. The Morgan fingerprint density at radius 2 is 2.06 bits per heavy atom. The van der Waals surface area contributed by atoms with Crippen molar-refractivity contribution in [1.82, 2.24) is 0 Å². The van der Waals surface area contributed by atoms with E-state index in [4.69, 9.17) is 9.47 Å². The zero-order valence-electron chi connectivity index (χ0n) is 9.90. The average molecular weight is 252 g/mol. The van der Waals surface area contributed by atoms with E-state index in [0.29, 0.717) is 30.3 Å². The lowest BCUT2D eigenvalue weighted by Crippen LogP contribution is -2.16. The summed E-state index contributed by atoms with van der Waals surface area (Å²) in [5, 5.41) is 0. The molecule has 1 heterocycles. The predicted octanol–water partition coefficient (Wildman–Crippen LogP) is 2.78. The van der Waals surface area contributed by atoms with Gasteiger partial charge in [0.1, 0.15) is 13.2 Å². The molecule has 0 unspecified atom stereocenters. The Bertz CT molecular complexity index is 404. The molecule has 0 spiro atoms. The van der Waals surface area contributed by atoms with Crippen LogP contribution in [0.15, 0.2) is 18.2 Å². The lowest BCUT2D eigenvalue weighted by atomic mass is 10.1. The molecule has 1 aromatic carbocycles. The lowest BCUT2D eigenvalue weighted by molar-refractivity contribution is 0.102. The summed E-state index contributed by atoms with van der Waals surface area (Å²) in [6.45, 7) is 3.24. The molecule has 0 aromatic heterocycles. The Kier molecular flexibility index (Phi) is 4.31. The van der Waals surface area contributed by atoms with Crippen molar-refractivity contribution in [3.63, 3.8) is 0 Å². The van der Waals surface area contributed by atoms with Gasteiger partial charge < -0.3 is 9.47 Å². The summed E-state index contributed by atoms with van der Waals surface area (Å²) in [5.74, 6) is 3.13. The van der Waals surface area contributed by atoms with E-state index in [2.05, 4.69) is 6.92 Å². The van der Waals surface area contributed by atoms with Gasteiger partial charge >= 0.3 is 0 Å². The Balaban J connectivity index is 2.03. The third kappa shape index (κ3) is 3.16. The Labute approximate surface area is 105 Å². The van der Waals surface area contributed by atoms with E-state index in [1.165, 1.54) is 0 Å². The maximum atomic E-state index is 11.9. The van der Waals surface area contributed by atoms with Gasteiger partial charge in [-0.2, -0.15) is 11.8 Å². The van der Waals surface area contributed by atoms with Gasteiger partial charge in [-0.25, -0.2) is 0 Å². The van der Waals surface area contributed by atoms with Gasteiger partial charge in [0.25, 0.3) is 0 Å². The maximum Gasteiger partial charge on any atom is 0.172 e. The first-order chi connectivity index (χ1) is 8.31. The minimum atomic E-state index is 0.153. The number of carbonyl (C=O) groups is 1. The van der Waals surface area contributed by atoms with Gasteiger partial charge in [-0.05, 0) is 30.4 Å². The summed E-state index contributed by atoms with van der Waals surface area (Å²) in [7, 11) is 0. The Morgan fingerprint density at radius 1 is 1.29 bits per heavy atom. The van der Waals surface area contributed by atoms with Gasteiger partial charge in [-0.1, -0.05) is 6.92 Å². The van der Waals surface area contributed by atoms with Crippen molar-refractivity contribution in [2.45, 2.75) is 13.3 Å². The second-order valence-electron chi connectivity index (χ2n) is 3.83. The third-order valence-electron chi connectivity index (χ3n) is 2.45. The van der Waals surface area contributed by atoms with Gasteiger partial charge in [0.15, 0.2) is 17.3 Å². The van der Waals surface area contributed by atoms with E-state index >= 15 is 0 Å². The van der Waals surface area contributed by atoms with Crippen molar-refractivity contribution < 1.29 is 14.3 Å². The Hall–Kier alpha value is -1.16. The number of thioether (sulfide) groups is 1. The van der Waals surface area contributed by atoms with E-state index in [0.717, 1.165) is 17.9 Å². The number of hydrogen-bond donors (Lipinski definition) is 0. The van der Waals surface area contributed by atoms with Crippen molar-refractivity contribution in [3.05, 3.63) is 23.8 Å². The van der Waals surface area contributed by atoms with Crippen LogP contribution in [0.25, 0.3) is 0 Å². The fraction of sp³-hybridized carbons (Fsp3) is 0.462. The van der Waals surface area contributed by atoms with Crippen LogP contribution in [0.5, 0.6) is 11.5 Å². The van der Waals surface area contributed by atoms with Crippen LogP contribution < -0.4 is 9.47 Å². The summed E-state index contributed by atoms with van der Waals surface area (Å²) in [6, 6.07) is 5.40. The molecule has 0 amide bonds. The molecule has 92 valence electrons. The molecule has 0 atom stereocenters. The van der Waals surface area contributed by atoms with E-state index in [1.807, 2.05) is 12.1 Å². The molecule has 1 aliphatic heterocycles. The van der Waals surface area contributed by atoms with Crippen molar-refractivity contribution in [2.24, 2.45) is 0 Å². The first kappa shape index (κ1) is 12.3. The minimum absolute atomic E-state index is 0.153. The van der Waals surface area contributed by atoms with Crippen molar-refractivity contribution in [2.75, 3.05) is 24.7 Å². The molecule has 17 heavy (non-hydrogen) atoms. The molecular weight excluding hydrogens is 236 g/mol. The van der Waals surface area contributed by atoms with Crippen LogP contribution in [0.4, 0.5) is 0 Å². The van der Waals surface area contributed by atoms with Gasteiger partial charge in [-0.3, -0.25) is 4.79 Å². The highest BCUT2D eigenvalue weighted by molar-refractivity contribution is 7.99. The molecule has 0 aliphatic carbocycles. The predicted molar refractivity (Wildman–Crippen MR) is 69.4 cm³/mol. The minimum Gasteiger partial charge on any atom is -0.486 e. The largest absolute Gasteiger partial charge is 0.486 e. The standard InChI is InChI=1S/C13H16O3S/c1-2-7-17-9-11(14)10-3-4-12-13(8-10)16-6-5-15-12/h3-4,8H,2,5-7,9H2,1H3. The normalized spacial score (nSPS) is 13.5. The number of rotatable bonds is 5. The van der Waals surface area contributed by atoms with E-state index in [1.54, 1.807) is 17.8 Å². The lowest BCUT2D eigenvalue weighted by Gasteiger charge is -2.18. The van der Waals surface area contributed by atoms with Gasteiger partial charge in [-0.15, -0.1) is 0 Å². The fourth-order valence-corrected chi connectivity index (χ4v) is 2.39. The van der Waals surface area contributed by atoms with E-state index in [-0.39, 0.29) is 5.78 Å². The molecule has 4 heteroatoms. The van der Waals surface area contributed by atoms with Gasteiger partial charge in [0, 0.05) is 5.56 Å². The molecule has 0 radical (unpaired) electrons. The van der Waals surface area contributed by atoms with Gasteiger partial charge in [0.05, 0.1) is 5.75 Å². The molecule has 1 aromatic rings. The van der Waals surface area contributed by atoms with Crippen molar-refractivity contribution in [1.29, 1.82) is 0 Å². The second-order valence-corrected chi connectivity index (χ2v) is 4.94. The molecule has 2 rings (SSSR count). The highest BCUT2D eigenvalue weighted by Crippen LogP contribution is 2.31. The Morgan fingerprint density at radius 3 is 2.82 bits per heavy atom. The molecule has 1 aliphatic rings. The SMILES string of the molecule is CCCSCC(=O)c1ccc2c(c1)OCCO2.